The average Bonchev–Trinajstić information content (AvgIpc) is 3.10. The van der Waals surface area contributed by atoms with Gasteiger partial charge in [0.25, 0.3) is 0 Å². The van der Waals surface area contributed by atoms with Crippen molar-refractivity contribution in [1.29, 1.82) is 0 Å². The molecule has 0 saturated carbocycles. The summed E-state index contributed by atoms with van der Waals surface area (Å²) in [7, 11) is 0. The van der Waals surface area contributed by atoms with Crippen LogP contribution in [0.15, 0.2) is 18.3 Å². The van der Waals surface area contributed by atoms with Crippen molar-refractivity contribution in [1.82, 2.24) is 10.3 Å². The van der Waals surface area contributed by atoms with Gasteiger partial charge in [0.1, 0.15) is 5.82 Å². The number of aromatic nitrogens is 1. The van der Waals surface area contributed by atoms with Crippen molar-refractivity contribution in [3.05, 3.63) is 23.9 Å². The molecule has 1 fully saturated rings. The van der Waals surface area contributed by atoms with E-state index in [2.05, 4.69) is 15.2 Å². The van der Waals surface area contributed by atoms with Crippen LogP contribution < -0.4 is 16.0 Å². The summed E-state index contributed by atoms with van der Waals surface area (Å²) in [5.41, 5.74) is 6.39. The molecular weight excluding hydrogens is 347 g/mol. The second-order valence-electron chi connectivity index (χ2n) is 6.09. The van der Waals surface area contributed by atoms with E-state index < -0.39 is 5.41 Å². The average molecular weight is 377 g/mol. The van der Waals surface area contributed by atoms with Crippen molar-refractivity contribution in [3.63, 3.8) is 0 Å². The Morgan fingerprint density at radius 2 is 1.88 bits per heavy atom. The summed E-state index contributed by atoms with van der Waals surface area (Å²) in [6, 6.07) is 4.09. The highest BCUT2D eigenvalue weighted by atomic mass is 35.5. The molecule has 1 aliphatic rings. The first-order valence-corrected chi connectivity index (χ1v) is 8.33. The third kappa shape index (κ3) is 5.23. The third-order valence-corrected chi connectivity index (χ3v) is 4.92. The molecule has 1 aliphatic heterocycles. The van der Waals surface area contributed by atoms with Crippen LogP contribution in [0.4, 0.5) is 5.82 Å². The van der Waals surface area contributed by atoms with Crippen LogP contribution in [0.1, 0.15) is 45.1 Å². The minimum atomic E-state index is -0.442. The molecule has 0 atom stereocenters. The monoisotopic (exact) mass is 376 g/mol. The largest absolute Gasteiger partial charge is 0.357 e. The van der Waals surface area contributed by atoms with Gasteiger partial charge in [0.2, 0.25) is 5.91 Å². The van der Waals surface area contributed by atoms with Gasteiger partial charge < -0.3 is 16.0 Å². The summed E-state index contributed by atoms with van der Waals surface area (Å²) < 4.78 is 0. The van der Waals surface area contributed by atoms with E-state index in [1.54, 1.807) is 0 Å². The van der Waals surface area contributed by atoms with Crippen LogP contribution >= 0.6 is 24.8 Å². The Morgan fingerprint density at radius 1 is 1.25 bits per heavy atom. The zero-order chi connectivity index (χ0) is 16.0. The molecule has 138 valence electrons. The van der Waals surface area contributed by atoms with Gasteiger partial charge in [-0.1, -0.05) is 19.9 Å². The maximum atomic E-state index is 12.4. The van der Waals surface area contributed by atoms with Crippen LogP contribution in [0, 0.1) is 5.41 Å². The summed E-state index contributed by atoms with van der Waals surface area (Å²) in [6.45, 7) is 7.11. The molecule has 0 radical (unpaired) electrons. The summed E-state index contributed by atoms with van der Waals surface area (Å²) in [5.74, 6) is 1.08. The molecule has 5 nitrogen and oxygen atoms in total. The maximum Gasteiger partial charge on any atom is 0.227 e. The zero-order valence-electron chi connectivity index (χ0n) is 14.6. The highest BCUT2D eigenvalue weighted by Gasteiger charge is 2.32. The Morgan fingerprint density at radius 3 is 2.33 bits per heavy atom. The molecule has 0 spiro atoms. The first-order valence-electron chi connectivity index (χ1n) is 8.33. The Hall–Kier alpha value is -1.04. The van der Waals surface area contributed by atoms with Gasteiger partial charge in [-0.25, -0.2) is 4.98 Å². The first kappa shape index (κ1) is 23.0. The van der Waals surface area contributed by atoms with Gasteiger partial charge in [-0.15, -0.1) is 24.8 Å². The maximum absolute atomic E-state index is 12.4. The number of rotatable bonds is 7. The van der Waals surface area contributed by atoms with Gasteiger partial charge in [0, 0.05) is 32.4 Å². The second-order valence-corrected chi connectivity index (χ2v) is 6.09. The standard InChI is InChI=1S/C17H28N4O.2ClH/c1-3-17(4-2,13-18)16(22)20-12-14-7-8-15(19-11-14)21-9-5-6-10-21;;/h7-8,11H,3-6,9-10,12-13,18H2,1-2H3,(H,20,22);2*1H. The molecule has 0 bridgehead atoms. The number of pyridine rings is 1. The lowest BCUT2D eigenvalue weighted by Gasteiger charge is -2.28. The molecule has 1 saturated heterocycles. The molecule has 0 aliphatic carbocycles. The van der Waals surface area contributed by atoms with Gasteiger partial charge in [0.15, 0.2) is 0 Å². The van der Waals surface area contributed by atoms with Crippen molar-refractivity contribution in [2.24, 2.45) is 11.1 Å². The fourth-order valence-corrected chi connectivity index (χ4v) is 2.98. The number of carbonyl (C=O) groups excluding carboxylic acids is 1. The number of hydrogen-bond acceptors (Lipinski definition) is 4. The van der Waals surface area contributed by atoms with E-state index in [4.69, 9.17) is 5.73 Å². The summed E-state index contributed by atoms with van der Waals surface area (Å²) in [4.78, 5) is 19.2. The van der Waals surface area contributed by atoms with Crippen molar-refractivity contribution < 1.29 is 4.79 Å². The topological polar surface area (TPSA) is 71.2 Å². The molecule has 24 heavy (non-hydrogen) atoms. The number of amides is 1. The smallest absolute Gasteiger partial charge is 0.227 e. The van der Waals surface area contributed by atoms with Gasteiger partial charge in [0.05, 0.1) is 5.41 Å². The lowest BCUT2D eigenvalue weighted by molar-refractivity contribution is -0.131. The van der Waals surface area contributed by atoms with Crippen LogP contribution in [0.2, 0.25) is 0 Å². The first-order chi connectivity index (χ1) is 10.6. The lowest BCUT2D eigenvalue weighted by atomic mass is 9.81. The molecule has 0 unspecified atom stereocenters. The van der Waals surface area contributed by atoms with Crippen LogP contribution in [-0.4, -0.2) is 30.5 Å². The minimum Gasteiger partial charge on any atom is -0.357 e. The Balaban J connectivity index is 0.00000264. The minimum absolute atomic E-state index is 0. The number of carbonyl (C=O) groups is 1. The molecule has 3 N–H and O–H groups in total. The fraction of sp³-hybridized carbons (Fsp3) is 0.647. The number of hydrogen-bond donors (Lipinski definition) is 2. The van der Waals surface area contributed by atoms with Crippen molar-refractivity contribution >= 4 is 36.5 Å². The highest BCUT2D eigenvalue weighted by Crippen LogP contribution is 2.25. The molecular formula is C17H30Cl2N4O. The van der Waals surface area contributed by atoms with Crippen LogP contribution in [0.5, 0.6) is 0 Å². The van der Waals surface area contributed by atoms with Crippen molar-refractivity contribution in [2.45, 2.75) is 46.1 Å². The number of halogens is 2. The van der Waals surface area contributed by atoms with Crippen molar-refractivity contribution in [3.8, 4) is 0 Å². The predicted molar refractivity (Wildman–Crippen MR) is 104 cm³/mol. The summed E-state index contributed by atoms with van der Waals surface area (Å²) in [5, 5.41) is 3.01. The van der Waals surface area contributed by atoms with Crippen LogP contribution in [-0.2, 0) is 11.3 Å². The zero-order valence-corrected chi connectivity index (χ0v) is 16.2. The molecule has 2 heterocycles. The van der Waals surface area contributed by atoms with E-state index in [1.165, 1.54) is 12.8 Å². The Bertz CT molecular complexity index is 478. The molecule has 2 rings (SSSR count). The summed E-state index contributed by atoms with van der Waals surface area (Å²) >= 11 is 0. The third-order valence-electron chi connectivity index (χ3n) is 4.92. The molecule has 0 aromatic carbocycles. The van der Waals surface area contributed by atoms with E-state index in [0.29, 0.717) is 13.1 Å². The van der Waals surface area contributed by atoms with E-state index in [9.17, 15) is 4.79 Å². The molecule has 7 heteroatoms. The molecule has 1 aromatic heterocycles. The Labute approximate surface area is 157 Å². The Kier molecular flexibility index (Phi) is 10.3. The van der Waals surface area contributed by atoms with E-state index in [0.717, 1.165) is 37.3 Å². The number of nitrogens with two attached hydrogens (primary N) is 1. The van der Waals surface area contributed by atoms with Crippen LogP contribution in [0.3, 0.4) is 0 Å². The number of nitrogens with one attached hydrogen (secondary N) is 1. The highest BCUT2D eigenvalue weighted by molar-refractivity contribution is 5.85. The van der Waals surface area contributed by atoms with Gasteiger partial charge >= 0.3 is 0 Å². The second kappa shape index (κ2) is 10.7. The molecule has 1 amide bonds. The fourth-order valence-electron chi connectivity index (χ4n) is 2.98. The van der Waals surface area contributed by atoms with Gasteiger partial charge in [-0.3, -0.25) is 4.79 Å². The predicted octanol–water partition coefficient (Wildman–Crippen LogP) is 2.91. The lowest BCUT2D eigenvalue weighted by Crippen LogP contribution is -2.45. The summed E-state index contributed by atoms with van der Waals surface area (Å²) in [6.07, 6.45) is 5.87. The van der Waals surface area contributed by atoms with Gasteiger partial charge in [-0.2, -0.15) is 0 Å². The number of nitrogens with zero attached hydrogens (tertiary/aromatic N) is 2. The van der Waals surface area contributed by atoms with Crippen LogP contribution in [0.25, 0.3) is 0 Å². The normalized spacial score (nSPS) is 13.9. The van der Waals surface area contributed by atoms with E-state index >= 15 is 0 Å². The van der Waals surface area contributed by atoms with Crippen molar-refractivity contribution in [2.75, 3.05) is 24.5 Å². The number of anilines is 1. The van der Waals surface area contributed by atoms with E-state index in [-0.39, 0.29) is 30.7 Å². The quantitative estimate of drug-likeness (QED) is 0.767. The molecule has 1 aromatic rings. The van der Waals surface area contributed by atoms with Gasteiger partial charge in [-0.05, 0) is 37.3 Å². The SMILES string of the molecule is CCC(CC)(CN)C(=O)NCc1ccc(N2CCCC2)nc1.Cl.Cl. The van der Waals surface area contributed by atoms with E-state index in [1.807, 2.05) is 32.2 Å².